The number of fused-ring (bicyclic) bond motifs is 1. The smallest absolute Gasteiger partial charge is 0.240 e. The zero-order valence-electron chi connectivity index (χ0n) is 13.5. The summed E-state index contributed by atoms with van der Waals surface area (Å²) in [6, 6.07) is 10.0. The Morgan fingerprint density at radius 1 is 0.962 bits per heavy atom. The van der Waals surface area contributed by atoms with Crippen LogP contribution in [0.1, 0.15) is 12.8 Å². The SMILES string of the molecule is O=C(Nc1ccc2c(c1)OCO2)C1(C(=O)Nc2cccc(Cl)c2Cl)CC1. The molecule has 1 aliphatic carbocycles. The van der Waals surface area contributed by atoms with E-state index in [0.717, 1.165) is 0 Å². The van der Waals surface area contributed by atoms with Crippen molar-refractivity contribution < 1.29 is 19.1 Å². The minimum atomic E-state index is -1.11. The number of carbonyl (C=O) groups excluding carboxylic acids is 2. The van der Waals surface area contributed by atoms with E-state index in [1.165, 1.54) is 0 Å². The lowest BCUT2D eigenvalue weighted by Gasteiger charge is -2.16. The van der Waals surface area contributed by atoms with Crippen LogP contribution in [0.5, 0.6) is 11.5 Å². The molecule has 0 radical (unpaired) electrons. The molecule has 1 heterocycles. The van der Waals surface area contributed by atoms with E-state index in [1.807, 2.05) is 0 Å². The van der Waals surface area contributed by atoms with Crippen LogP contribution >= 0.6 is 23.2 Å². The van der Waals surface area contributed by atoms with Gasteiger partial charge >= 0.3 is 0 Å². The third-order valence-electron chi connectivity index (χ3n) is 4.45. The Labute approximate surface area is 159 Å². The van der Waals surface area contributed by atoms with Crippen LogP contribution in [-0.2, 0) is 9.59 Å². The molecule has 0 atom stereocenters. The van der Waals surface area contributed by atoms with Crippen molar-refractivity contribution in [2.24, 2.45) is 5.41 Å². The Bertz CT molecular complexity index is 912. The van der Waals surface area contributed by atoms with Crippen LogP contribution in [0.4, 0.5) is 11.4 Å². The number of anilines is 2. The van der Waals surface area contributed by atoms with Gasteiger partial charge in [-0.05, 0) is 37.1 Å². The predicted molar refractivity (Wildman–Crippen MR) is 98.0 cm³/mol. The molecular weight excluding hydrogens is 379 g/mol. The zero-order valence-corrected chi connectivity index (χ0v) is 15.0. The fraction of sp³-hybridized carbons (Fsp3) is 0.222. The molecule has 0 unspecified atom stereocenters. The van der Waals surface area contributed by atoms with Crippen molar-refractivity contribution in [1.29, 1.82) is 0 Å². The van der Waals surface area contributed by atoms with E-state index >= 15 is 0 Å². The van der Waals surface area contributed by atoms with E-state index in [9.17, 15) is 9.59 Å². The van der Waals surface area contributed by atoms with E-state index < -0.39 is 11.3 Å². The zero-order chi connectivity index (χ0) is 18.3. The molecule has 1 aliphatic heterocycles. The van der Waals surface area contributed by atoms with Crippen LogP contribution in [0.2, 0.25) is 10.0 Å². The second-order valence-corrected chi connectivity index (χ2v) is 6.94. The summed E-state index contributed by atoms with van der Waals surface area (Å²) in [4.78, 5) is 25.3. The van der Waals surface area contributed by atoms with E-state index in [-0.39, 0.29) is 17.7 Å². The molecular formula is C18H14Cl2N2O4. The Kier molecular flexibility index (Phi) is 4.17. The van der Waals surface area contributed by atoms with Gasteiger partial charge in [-0.2, -0.15) is 0 Å². The maximum Gasteiger partial charge on any atom is 0.240 e. The average molecular weight is 393 g/mol. The van der Waals surface area contributed by atoms with Gasteiger partial charge in [-0.1, -0.05) is 29.3 Å². The lowest BCUT2D eigenvalue weighted by atomic mass is 10.0. The van der Waals surface area contributed by atoms with Crippen molar-refractivity contribution in [3.8, 4) is 11.5 Å². The lowest BCUT2D eigenvalue weighted by Crippen LogP contribution is -2.35. The Hall–Kier alpha value is -2.44. The molecule has 8 heteroatoms. The molecule has 0 saturated heterocycles. The highest BCUT2D eigenvalue weighted by Crippen LogP contribution is 2.48. The first-order chi connectivity index (χ1) is 12.5. The van der Waals surface area contributed by atoms with E-state index in [4.69, 9.17) is 32.7 Å². The normalized spacial score (nSPS) is 16.1. The highest BCUT2D eigenvalue weighted by Gasteiger charge is 2.56. The molecule has 1 fully saturated rings. The van der Waals surface area contributed by atoms with Crippen LogP contribution in [0.15, 0.2) is 36.4 Å². The van der Waals surface area contributed by atoms with Gasteiger partial charge in [-0.3, -0.25) is 9.59 Å². The fourth-order valence-electron chi connectivity index (χ4n) is 2.75. The topological polar surface area (TPSA) is 76.7 Å². The van der Waals surface area contributed by atoms with Crippen LogP contribution in [-0.4, -0.2) is 18.6 Å². The molecule has 0 aromatic heterocycles. The minimum Gasteiger partial charge on any atom is -0.454 e. The van der Waals surface area contributed by atoms with Gasteiger partial charge in [0.1, 0.15) is 5.41 Å². The van der Waals surface area contributed by atoms with Gasteiger partial charge in [0.15, 0.2) is 11.5 Å². The van der Waals surface area contributed by atoms with Gasteiger partial charge in [0.05, 0.1) is 15.7 Å². The second-order valence-electron chi connectivity index (χ2n) is 6.16. The number of carbonyl (C=O) groups is 2. The third kappa shape index (κ3) is 2.95. The van der Waals surface area contributed by atoms with E-state index in [0.29, 0.717) is 40.7 Å². The number of nitrogens with one attached hydrogen (secondary N) is 2. The molecule has 0 spiro atoms. The standard InChI is InChI=1S/C18H14Cl2N2O4/c19-11-2-1-3-12(15(11)20)22-17(24)18(6-7-18)16(23)21-10-4-5-13-14(8-10)26-9-25-13/h1-5,8H,6-7,9H2,(H,21,23)(H,22,24). The summed E-state index contributed by atoms with van der Waals surface area (Å²) in [7, 11) is 0. The molecule has 1 saturated carbocycles. The van der Waals surface area contributed by atoms with Crippen molar-refractivity contribution in [3.63, 3.8) is 0 Å². The van der Waals surface area contributed by atoms with Gasteiger partial charge < -0.3 is 20.1 Å². The number of ether oxygens (including phenoxy) is 2. The summed E-state index contributed by atoms with van der Waals surface area (Å²) < 4.78 is 10.5. The summed E-state index contributed by atoms with van der Waals surface area (Å²) >= 11 is 12.1. The molecule has 2 amide bonds. The molecule has 4 rings (SSSR count). The maximum absolute atomic E-state index is 12.7. The first kappa shape index (κ1) is 17.0. The molecule has 2 aliphatic rings. The fourth-order valence-corrected chi connectivity index (χ4v) is 3.10. The predicted octanol–water partition coefficient (Wildman–Crippen LogP) is 4.08. The summed E-state index contributed by atoms with van der Waals surface area (Å²) in [5, 5.41) is 6.05. The highest BCUT2D eigenvalue weighted by molar-refractivity contribution is 6.44. The number of halogens is 2. The van der Waals surface area contributed by atoms with Gasteiger partial charge in [0.2, 0.25) is 18.6 Å². The largest absolute Gasteiger partial charge is 0.454 e. The number of benzene rings is 2. The van der Waals surface area contributed by atoms with Gasteiger partial charge in [0.25, 0.3) is 0 Å². The first-order valence-corrected chi connectivity index (χ1v) is 8.72. The second kappa shape index (κ2) is 6.37. The van der Waals surface area contributed by atoms with Crippen molar-refractivity contribution in [2.75, 3.05) is 17.4 Å². The van der Waals surface area contributed by atoms with Crippen molar-refractivity contribution >= 4 is 46.4 Å². The average Bonchev–Trinajstić information content (AvgIpc) is 3.31. The Morgan fingerprint density at radius 3 is 2.46 bits per heavy atom. The van der Waals surface area contributed by atoms with Gasteiger partial charge in [-0.15, -0.1) is 0 Å². The minimum absolute atomic E-state index is 0.152. The Morgan fingerprint density at radius 2 is 1.69 bits per heavy atom. The molecule has 2 aromatic rings. The summed E-state index contributed by atoms with van der Waals surface area (Å²) in [6.07, 6.45) is 0.931. The van der Waals surface area contributed by atoms with E-state index in [2.05, 4.69) is 10.6 Å². The molecule has 6 nitrogen and oxygen atoms in total. The van der Waals surface area contributed by atoms with Gasteiger partial charge in [-0.25, -0.2) is 0 Å². The highest BCUT2D eigenvalue weighted by atomic mass is 35.5. The van der Waals surface area contributed by atoms with Crippen molar-refractivity contribution in [1.82, 2.24) is 0 Å². The number of rotatable bonds is 4. The molecule has 2 N–H and O–H groups in total. The van der Waals surface area contributed by atoms with Crippen LogP contribution < -0.4 is 20.1 Å². The summed E-state index contributed by atoms with van der Waals surface area (Å²) in [5.74, 6) is 0.409. The summed E-state index contributed by atoms with van der Waals surface area (Å²) in [6.45, 7) is 0.152. The third-order valence-corrected chi connectivity index (χ3v) is 5.27. The van der Waals surface area contributed by atoms with Crippen molar-refractivity contribution in [2.45, 2.75) is 12.8 Å². The van der Waals surface area contributed by atoms with Crippen LogP contribution in [0, 0.1) is 5.41 Å². The number of amides is 2. The first-order valence-electron chi connectivity index (χ1n) is 7.96. The van der Waals surface area contributed by atoms with Crippen LogP contribution in [0.25, 0.3) is 0 Å². The van der Waals surface area contributed by atoms with Gasteiger partial charge in [0, 0.05) is 11.8 Å². The maximum atomic E-state index is 12.7. The number of hydrogen-bond acceptors (Lipinski definition) is 4. The molecule has 0 bridgehead atoms. The quantitative estimate of drug-likeness (QED) is 0.768. The monoisotopic (exact) mass is 392 g/mol. The lowest BCUT2D eigenvalue weighted by molar-refractivity contribution is -0.131. The summed E-state index contributed by atoms with van der Waals surface area (Å²) in [5.41, 5.74) is -0.187. The van der Waals surface area contributed by atoms with E-state index in [1.54, 1.807) is 36.4 Å². The molecule has 2 aromatic carbocycles. The van der Waals surface area contributed by atoms with Crippen LogP contribution in [0.3, 0.4) is 0 Å². The van der Waals surface area contributed by atoms with Crippen molar-refractivity contribution in [3.05, 3.63) is 46.4 Å². The molecule has 134 valence electrons. The number of hydrogen-bond donors (Lipinski definition) is 2. The Balaban J connectivity index is 1.48. The molecule has 26 heavy (non-hydrogen) atoms.